The van der Waals surface area contributed by atoms with Crippen LogP contribution in [0, 0.1) is 0 Å². The molecule has 1 aliphatic heterocycles. The summed E-state index contributed by atoms with van der Waals surface area (Å²) in [5.74, 6) is -0.309. The largest absolute Gasteiger partial charge is 0.335 e. The van der Waals surface area contributed by atoms with Crippen LogP contribution >= 0.6 is 34.5 Å². The van der Waals surface area contributed by atoms with E-state index in [0.717, 1.165) is 10.1 Å². The molecule has 0 spiro atoms. The van der Waals surface area contributed by atoms with E-state index >= 15 is 0 Å². The summed E-state index contributed by atoms with van der Waals surface area (Å²) in [7, 11) is 0. The molecule has 0 atom stereocenters. The first kappa shape index (κ1) is 22.7. The van der Waals surface area contributed by atoms with Gasteiger partial charge >= 0.3 is 0 Å². The monoisotopic (exact) mass is 489 g/mol. The van der Waals surface area contributed by atoms with Gasteiger partial charge in [-0.1, -0.05) is 41.4 Å². The number of thiophene rings is 1. The van der Waals surface area contributed by atoms with Crippen molar-refractivity contribution < 1.29 is 14.4 Å². The van der Waals surface area contributed by atoms with Crippen molar-refractivity contribution in [1.29, 1.82) is 0 Å². The van der Waals surface area contributed by atoms with Crippen molar-refractivity contribution in [3.8, 4) is 0 Å². The molecule has 32 heavy (non-hydrogen) atoms. The second-order valence-electron chi connectivity index (χ2n) is 7.64. The van der Waals surface area contributed by atoms with Crippen LogP contribution in [0.3, 0.4) is 0 Å². The lowest BCUT2D eigenvalue weighted by Crippen LogP contribution is -2.50. The van der Waals surface area contributed by atoms with Crippen LogP contribution in [0.4, 0.5) is 5.69 Å². The summed E-state index contributed by atoms with van der Waals surface area (Å²) < 4.78 is 0.884. The number of nitrogens with zero attached hydrogens (tertiary/aromatic N) is 2. The molecule has 6 nitrogen and oxygen atoms in total. The van der Waals surface area contributed by atoms with Crippen LogP contribution in [0.25, 0.3) is 10.1 Å². The van der Waals surface area contributed by atoms with Crippen molar-refractivity contribution in [3.63, 3.8) is 0 Å². The maximum atomic E-state index is 13.0. The summed E-state index contributed by atoms with van der Waals surface area (Å²) in [4.78, 5) is 41.2. The molecule has 0 bridgehead atoms. The first-order valence-corrected chi connectivity index (χ1v) is 11.7. The van der Waals surface area contributed by atoms with Crippen LogP contribution in [0.1, 0.15) is 27.0 Å². The van der Waals surface area contributed by atoms with Gasteiger partial charge in [-0.25, -0.2) is 0 Å². The topological polar surface area (TPSA) is 69.7 Å². The highest BCUT2D eigenvalue weighted by molar-refractivity contribution is 7.21. The lowest BCUT2D eigenvalue weighted by Gasteiger charge is -2.34. The van der Waals surface area contributed by atoms with E-state index in [4.69, 9.17) is 23.2 Å². The zero-order valence-corrected chi connectivity index (χ0v) is 19.7. The average molecular weight is 490 g/mol. The molecule has 2 amide bonds. The van der Waals surface area contributed by atoms with Gasteiger partial charge in [-0.3, -0.25) is 19.3 Å². The van der Waals surface area contributed by atoms with Crippen molar-refractivity contribution in [2.75, 3.05) is 38.0 Å². The SMILES string of the molecule is CC(=O)c1cccc(NC(=O)CN2CCN(C(=O)c3sc4cc(Cl)ccc4c3Cl)CC2)c1. The van der Waals surface area contributed by atoms with E-state index in [2.05, 4.69) is 5.32 Å². The molecule has 1 fully saturated rings. The van der Waals surface area contributed by atoms with Gasteiger partial charge < -0.3 is 10.2 Å². The van der Waals surface area contributed by atoms with E-state index in [1.807, 2.05) is 17.0 Å². The summed E-state index contributed by atoms with van der Waals surface area (Å²) in [6.45, 7) is 3.90. The number of rotatable bonds is 5. The number of amides is 2. The van der Waals surface area contributed by atoms with Crippen molar-refractivity contribution >= 4 is 67.9 Å². The predicted molar refractivity (Wildman–Crippen MR) is 129 cm³/mol. The minimum atomic E-state index is -0.157. The maximum absolute atomic E-state index is 13.0. The summed E-state index contributed by atoms with van der Waals surface area (Å²) in [6.07, 6.45) is 0. The zero-order valence-electron chi connectivity index (χ0n) is 17.4. The highest BCUT2D eigenvalue weighted by Crippen LogP contribution is 2.37. The van der Waals surface area contributed by atoms with Crippen molar-refractivity contribution in [1.82, 2.24) is 9.80 Å². The Hall–Kier alpha value is -2.45. The van der Waals surface area contributed by atoms with Gasteiger partial charge in [0.1, 0.15) is 4.88 Å². The highest BCUT2D eigenvalue weighted by atomic mass is 35.5. The first-order valence-electron chi connectivity index (χ1n) is 10.1. The zero-order chi connectivity index (χ0) is 22.8. The van der Waals surface area contributed by atoms with E-state index in [0.29, 0.717) is 52.4 Å². The molecule has 0 unspecified atom stereocenters. The third-order valence-electron chi connectivity index (χ3n) is 5.37. The van der Waals surface area contributed by atoms with Crippen LogP contribution in [0.2, 0.25) is 10.0 Å². The third-order valence-corrected chi connectivity index (χ3v) is 7.25. The minimum absolute atomic E-state index is 0.0521. The van der Waals surface area contributed by atoms with Crippen LogP contribution in [0.15, 0.2) is 42.5 Å². The first-order chi connectivity index (χ1) is 15.3. The van der Waals surface area contributed by atoms with E-state index in [1.165, 1.54) is 18.3 Å². The van der Waals surface area contributed by atoms with Crippen LogP contribution in [0.5, 0.6) is 0 Å². The highest BCUT2D eigenvalue weighted by Gasteiger charge is 2.27. The summed E-state index contributed by atoms with van der Waals surface area (Å²) in [5.41, 5.74) is 1.15. The number of Topliss-reactive ketones (excluding diaryl/α,β-unsaturated/α-hetero) is 1. The van der Waals surface area contributed by atoms with Crippen LogP contribution in [-0.2, 0) is 4.79 Å². The fourth-order valence-corrected chi connectivity index (χ4v) is 5.40. The molecule has 1 saturated heterocycles. The quantitative estimate of drug-likeness (QED) is 0.522. The number of carbonyl (C=O) groups is 3. The summed E-state index contributed by atoms with van der Waals surface area (Å²) >= 11 is 13.9. The molecular formula is C23H21Cl2N3O3S. The van der Waals surface area contributed by atoms with E-state index < -0.39 is 0 Å². The van der Waals surface area contributed by atoms with Gasteiger partial charge in [-0.05, 0) is 31.2 Å². The molecule has 1 aliphatic rings. The van der Waals surface area contributed by atoms with Crippen LogP contribution in [-0.4, -0.2) is 60.1 Å². The maximum Gasteiger partial charge on any atom is 0.265 e. The van der Waals surface area contributed by atoms with Crippen LogP contribution < -0.4 is 5.32 Å². The number of ketones is 1. The van der Waals surface area contributed by atoms with Crippen molar-refractivity contribution in [3.05, 3.63) is 63.0 Å². The summed E-state index contributed by atoms with van der Waals surface area (Å²) in [6, 6.07) is 12.3. The lowest BCUT2D eigenvalue weighted by molar-refractivity contribution is -0.117. The molecule has 2 heterocycles. The number of fused-ring (bicyclic) bond motifs is 1. The molecule has 3 aromatic rings. The Balaban J connectivity index is 1.33. The van der Waals surface area contributed by atoms with Gasteiger partial charge in [-0.15, -0.1) is 11.3 Å². The Morgan fingerprint density at radius 3 is 2.50 bits per heavy atom. The number of anilines is 1. The van der Waals surface area contributed by atoms with Gasteiger partial charge in [-0.2, -0.15) is 0 Å². The van der Waals surface area contributed by atoms with E-state index in [9.17, 15) is 14.4 Å². The Morgan fingerprint density at radius 1 is 1.03 bits per heavy atom. The molecule has 9 heteroatoms. The molecule has 1 aromatic heterocycles. The fourth-order valence-electron chi connectivity index (χ4n) is 3.65. The molecule has 166 valence electrons. The Morgan fingerprint density at radius 2 is 1.78 bits per heavy atom. The Labute approximate surface area is 199 Å². The molecule has 1 N–H and O–H groups in total. The fraction of sp³-hybridized carbons (Fsp3) is 0.261. The second-order valence-corrected chi connectivity index (χ2v) is 9.51. The minimum Gasteiger partial charge on any atom is -0.335 e. The van der Waals surface area contributed by atoms with Crippen molar-refractivity contribution in [2.45, 2.75) is 6.92 Å². The number of piperazine rings is 1. The molecule has 0 aliphatic carbocycles. The lowest BCUT2D eigenvalue weighted by atomic mass is 10.1. The summed E-state index contributed by atoms with van der Waals surface area (Å²) in [5, 5.41) is 4.72. The second kappa shape index (κ2) is 9.58. The smallest absolute Gasteiger partial charge is 0.265 e. The molecule has 2 aromatic carbocycles. The molecule has 0 saturated carbocycles. The Bertz CT molecular complexity index is 1200. The van der Waals surface area contributed by atoms with E-state index in [-0.39, 0.29) is 24.1 Å². The van der Waals surface area contributed by atoms with Gasteiger partial charge in [0.2, 0.25) is 5.91 Å². The number of nitrogens with one attached hydrogen (secondary N) is 1. The Kier molecular flexibility index (Phi) is 6.81. The van der Waals surface area contributed by atoms with Gasteiger partial charge in [0.25, 0.3) is 5.91 Å². The number of benzene rings is 2. The third kappa shape index (κ3) is 4.96. The number of hydrogen-bond donors (Lipinski definition) is 1. The molecule has 0 radical (unpaired) electrons. The average Bonchev–Trinajstić information content (AvgIpc) is 3.09. The van der Waals surface area contributed by atoms with Gasteiger partial charge in [0, 0.05) is 52.5 Å². The molecule has 4 rings (SSSR count). The number of halogens is 2. The van der Waals surface area contributed by atoms with Crippen molar-refractivity contribution in [2.24, 2.45) is 0 Å². The predicted octanol–water partition coefficient (Wildman–Crippen LogP) is 4.81. The van der Waals surface area contributed by atoms with Gasteiger partial charge in [0.05, 0.1) is 11.6 Å². The number of hydrogen-bond acceptors (Lipinski definition) is 5. The standard InChI is InChI=1S/C23H21Cl2N3O3S/c1-14(29)15-3-2-4-17(11-15)26-20(30)13-27-7-9-28(10-8-27)23(31)22-21(25)18-6-5-16(24)12-19(18)32-22/h2-6,11-12H,7-10,13H2,1H3,(H,26,30). The van der Waals surface area contributed by atoms with E-state index in [1.54, 1.807) is 35.2 Å². The van der Waals surface area contributed by atoms with Gasteiger partial charge in [0.15, 0.2) is 5.78 Å². The number of carbonyl (C=O) groups excluding carboxylic acids is 3. The molecular weight excluding hydrogens is 469 g/mol. The normalized spacial score (nSPS) is 14.5.